The SMILES string of the molecule is COc1cc(F)c(-c2nc(C(=O)O)cs2)cc1C(=O)N[C@H]1[C@@H](C(=O)Nc2cccc(S(=O)(=O)C(F)(F)F)c2)[C@@H]2C=C[C@H]1C2. The number of nitrogens with one attached hydrogen (secondary N) is 2. The van der Waals surface area contributed by atoms with E-state index >= 15 is 0 Å². The van der Waals surface area contributed by atoms with Gasteiger partial charge in [0.05, 0.1) is 23.5 Å². The average molecular weight is 640 g/mol. The molecule has 2 aliphatic rings. The van der Waals surface area contributed by atoms with E-state index < -0.39 is 55.8 Å². The molecule has 226 valence electrons. The van der Waals surface area contributed by atoms with Crippen molar-refractivity contribution in [3.05, 3.63) is 71.0 Å². The van der Waals surface area contributed by atoms with Crippen molar-refractivity contribution in [2.45, 2.75) is 22.9 Å². The zero-order valence-electron chi connectivity index (χ0n) is 21.9. The van der Waals surface area contributed by atoms with Gasteiger partial charge in [0.2, 0.25) is 5.91 Å². The van der Waals surface area contributed by atoms with Crippen LogP contribution < -0.4 is 15.4 Å². The van der Waals surface area contributed by atoms with Gasteiger partial charge in [-0.1, -0.05) is 18.2 Å². The predicted molar refractivity (Wildman–Crippen MR) is 145 cm³/mol. The van der Waals surface area contributed by atoms with E-state index in [1.54, 1.807) is 6.08 Å². The molecular weight excluding hydrogens is 618 g/mol. The van der Waals surface area contributed by atoms with E-state index in [4.69, 9.17) is 9.84 Å². The van der Waals surface area contributed by atoms with Crippen LogP contribution in [0.2, 0.25) is 0 Å². The summed E-state index contributed by atoms with van der Waals surface area (Å²) in [7, 11) is -4.42. The van der Waals surface area contributed by atoms with Crippen molar-refractivity contribution in [3.63, 3.8) is 0 Å². The van der Waals surface area contributed by atoms with Crippen molar-refractivity contribution in [2.75, 3.05) is 12.4 Å². The van der Waals surface area contributed by atoms with Gasteiger partial charge in [0.25, 0.3) is 15.7 Å². The van der Waals surface area contributed by atoms with Crippen LogP contribution in [0.25, 0.3) is 10.6 Å². The molecule has 2 bridgehead atoms. The van der Waals surface area contributed by atoms with Gasteiger partial charge in [0, 0.05) is 28.7 Å². The van der Waals surface area contributed by atoms with Gasteiger partial charge in [-0.05, 0) is 42.5 Å². The number of amides is 2. The molecule has 3 N–H and O–H groups in total. The number of aromatic nitrogens is 1. The summed E-state index contributed by atoms with van der Waals surface area (Å²) in [5.74, 6) is -5.10. The Labute approximate surface area is 245 Å². The Morgan fingerprint density at radius 3 is 2.49 bits per heavy atom. The summed E-state index contributed by atoms with van der Waals surface area (Å²) in [6.07, 6.45) is 4.11. The van der Waals surface area contributed by atoms with Crippen LogP contribution >= 0.6 is 11.3 Å². The number of ether oxygens (including phenoxy) is 1. The second-order valence-corrected chi connectivity index (χ2v) is 12.6. The topological polar surface area (TPSA) is 152 Å². The molecule has 2 aromatic carbocycles. The normalized spacial score (nSPS) is 21.0. The molecular formula is C27H21F4N3O7S2. The maximum atomic E-state index is 14.9. The molecule has 1 fully saturated rings. The fourth-order valence-electron chi connectivity index (χ4n) is 5.27. The Bertz CT molecular complexity index is 1770. The standard InChI is InChI=1S/C27H21F4N3O7S2/c1-41-20-10-18(28)16(25-33-19(11-42-25)26(37)38)9-17(20)23(35)34-22-13-6-5-12(7-13)21(22)24(36)32-14-3-2-4-15(8-14)43(39,40)27(29,30)31/h2-6,8-13,21-22H,7H2,1H3,(H,32,36)(H,34,35)(H,37,38)/t12-,13+,21+,22-/m1/s1. The molecule has 10 nitrogen and oxygen atoms in total. The number of carbonyl (C=O) groups is 3. The number of fused-ring (bicyclic) bond motifs is 2. The van der Waals surface area contributed by atoms with E-state index in [0.29, 0.717) is 12.5 Å². The third-order valence-corrected chi connectivity index (χ3v) is 9.62. The third-order valence-electron chi connectivity index (χ3n) is 7.26. The van der Waals surface area contributed by atoms with Crippen molar-refractivity contribution in [2.24, 2.45) is 17.8 Å². The lowest BCUT2D eigenvalue weighted by Gasteiger charge is -2.28. The number of rotatable bonds is 8. The minimum Gasteiger partial charge on any atom is -0.496 e. The Hall–Kier alpha value is -4.31. The van der Waals surface area contributed by atoms with Crippen LogP contribution in [0.1, 0.15) is 27.3 Å². The molecule has 0 unspecified atom stereocenters. The molecule has 2 aliphatic carbocycles. The molecule has 1 aromatic heterocycles. The zero-order valence-corrected chi connectivity index (χ0v) is 23.5. The van der Waals surface area contributed by atoms with E-state index in [9.17, 15) is 40.4 Å². The van der Waals surface area contributed by atoms with E-state index in [0.717, 1.165) is 29.5 Å². The van der Waals surface area contributed by atoms with Gasteiger partial charge >= 0.3 is 11.5 Å². The summed E-state index contributed by atoms with van der Waals surface area (Å²) in [6.45, 7) is 0. The summed E-state index contributed by atoms with van der Waals surface area (Å²) < 4.78 is 82.8. The molecule has 4 atom stereocenters. The molecule has 43 heavy (non-hydrogen) atoms. The van der Waals surface area contributed by atoms with Crippen LogP contribution in [0.5, 0.6) is 5.75 Å². The lowest BCUT2D eigenvalue weighted by molar-refractivity contribution is -0.121. The molecule has 16 heteroatoms. The summed E-state index contributed by atoms with van der Waals surface area (Å²) in [4.78, 5) is 40.9. The number of sulfone groups is 1. The number of anilines is 1. The predicted octanol–water partition coefficient (Wildman–Crippen LogP) is 4.51. The number of carbonyl (C=O) groups excluding carboxylic acids is 2. The monoisotopic (exact) mass is 639 g/mol. The number of allylic oxidation sites excluding steroid dienone is 1. The third kappa shape index (κ3) is 5.59. The highest BCUT2D eigenvalue weighted by molar-refractivity contribution is 7.92. The van der Waals surface area contributed by atoms with Crippen molar-refractivity contribution < 1.29 is 50.2 Å². The van der Waals surface area contributed by atoms with Gasteiger partial charge in [-0.25, -0.2) is 22.6 Å². The number of methoxy groups -OCH3 is 1. The number of carboxylic acids is 1. The molecule has 5 rings (SSSR count). The number of thiazole rings is 1. The first-order valence-electron chi connectivity index (χ1n) is 12.5. The smallest absolute Gasteiger partial charge is 0.496 e. The zero-order chi connectivity index (χ0) is 31.3. The van der Waals surface area contributed by atoms with Crippen LogP contribution in [0.4, 0.5) is 23.2 Å². The van der Waals surface area contributed by atoms with Gasteiger partial charge in [-0.3, -0.25) is 9.59 Å². The number of benzene rings is 2. The van der Waals surface area contributed by atoms with Crippen LogP contribution in [0.3, 0.4) is 0 Å². The lowest BCUT2D eigenvalue weighted by atomic mass is 9.87. The van der Waals surface area contributed by atoms with Crippen LogP contribution in [0, 0.1) is 23.6 Å². The first-order chi connectivity index (χ1) is 20.2. The lowest BCUT2D eigenvalue weighted by Crippen LogP contribution is -2.47. The van der Waals surface area contributed by atoms with Gasteiger partial charge < -0.3 is 20.5 Å². The van der Waals surface area contributed by atoms with Crippen molar-refractivity contribution in [3.8, 4) is 16.3 Å². The first-order valence-corrected chi connectivity index (χ1v) is 14.9. The van der Waals surface area contributed by atoms with Crippen LogP contribution in [-0.4, -0.2) is 55.0 Å². The number of nitrogens with zero attached hydrogens (tertiary/aromatic N) is 1. The maximum Gasteiger partial charge on any atom is 0.501 e. The summed E-state index contributed by atoms with van der Waals surface area (Å²) in [5, 5.41) is 15.6. The van der Waals surface area contributed by atoms with Crippen LogP contribution in [-0.2, 0) is 14.6 Å². The minimum atomic E-state index is -5.65. The Morgan fingerprint density at radius 1 is 1.12 bits per heavy atom. The van der Waals surface area contributed by atoms with E-state index in [2.05, 4.69) is 15.6 Å². The number of hydrogen-bond donors (Lipinski definition) is 3. The fourth-order valence-corrected chi connectivity index (χ4v) is 6.89. The molecule has 0 saturated heterocycles. The average Bonchev–Trinajstić information content (AvgIpc) is 3.69. The number of halogens is 4. The van der Waals surface area contributed by atoms with Crippen molar-refractivity contribution in [1.29, 1.82) is 0 Å². The van der Waals surface area contributed by atoms with Gasteiger partial charge in [-0.15, -0.1) is 11.3 Å². The van der Waals surface area contributed by atoms with E-state index in [1.807, 2.05) is 6.08 Å². The van der Waals surface area contributed by atoms with Gasteiger partial charge in [-0.2, -0.15) is 13.2 Å². The largest absolute Gasteiger partial charge is 0.501 e. The number of alkyl halides is 3. The molecule has 0 spiro atoms. The summed E-state index contributed by atoms with van der Waals surface area (Å²) in [5.41, 5.74) is -6.26. The highest BCUT2D eigenvalue weighted by Crippen LogP contribution is 2.45. The van der Waals surface area contributed by atoms with E-state index in [1.165, 1.54) is 24.6 Å². The number of aromatic carboxylic acids is 1. The molecule has 1 saturated carbocycles. The second kappa shape index (κ2) is 11.1. The van der Waals surface area contributed by atoms with Crippen molar-refractivity contribution in [1.82, 2.24) is 10.3 Å². The molecule has 3 aromatic rings. The summed E-state index contributed by atoms with van der Waals surface area (Å²) >= 11 is 0.864. The van der Waals surface area contributed by atoms with Crippen LogP contribution in [0.15, 0.2) is 58.8 Å². The Kier molecular flexibility index (Phi) is 7.77. The molecule has 2 amide bonds. The summed E-state index contributed by atoms with van der Waals surface area (Å²) in [6, 6.07) is 5.12. The molecule has 0 aliphatic heterocycles. The maximum absolute atomic E-state index is 14.9. The van der Waals surface area contributed by atoms with Gasteiger partial charge in [0.1, 0.15) is 16.6 Å². The Morgan fingerprint density at radius 2 is 1.84 bits per heavy atom. The number of hydrogen-bond acceptors (Lipinski definition) is 8. The number of carboxylic acid groups (broad SMARTS) is 1. The molecule has 0 radical (unpaired) electrons. The molecule has 1 heterocycles. The van der Waals surface area contributed by atoms with Crippen molar-refractivity contribution >= 4 is 44.6 Å². The highest BCUT2D eigenvalue weighted by Gasteiger charge is 2.49. The van der Waals surface area contributed by atoms with Gasteiger partial charge in [0.15, 0.2) is 5.69 Å². The Balaban J connectivity index is 1.40. The first kappa shape index (κ1) is 30.2. The second-order valence-electron chi connectivity index (χ2n) is 9.81. The minimum absolute atomic E-state index is 0.0153. The van der Waals surface area contributed by atoms with E-state index in [-0.39, 0.29) is 45.1 Å². The quantitative estimate of drug-likeness (QED) is 0.241. The fraction of sp³-hybridized carbons (Fsp3) is 0.259. The highest BCUT2D eigenvalue weighted by atomic mass is 32.2.